The molecule has 0 bridgehead atoms. The Balaban J connectivity index is 1.61. The molecule has 0 spiro atoms. The zero-order valence-electron chi connectivity index (χ0n) is 11.0. The Hall–Kier alpha value is -1.13. The Labute approximate surface area is 117 Å². The van der Waals surface area contributed by atoms with Crippen molar-refractivity contribution in [3.05, 3.63) is 23.7 Å². The highest BCUT2D eigenvalue weighted by atomic mass is 32.1. The Morgan fingerprint density at radius 2 is 2.26 bits per heavy atom. The molecule has 2 heterocycles. The lowest BCUT2D eigenvalue weighted by Crippen LogP contribution is -2.39. The van der Waals surface area contributed by atoms with E-state index >= 15 is 0 Å². The van der Waals surface area contributed by atoms with Crippen LogP contribution >= 0.6 is 11.3 Å². The second kappa shape index (κ2) is 4.76. The van der Waals surface area contributed by atoms with Gasteiger partial charge in [0.2, 0.25) is 0 Å². The van der Waals surface area contributed by atoms with Crippen LogP contribution in [0, 0.1) is 5.92 Å². The lowest BCUT2D eigenvalue weighted by Gasteiger charge is -2.26. The third kappa shape index (κ3) is 2.35. The van der Waals surface area contributed by atoms with Crippen molar-refractivity contribution in [3.8, 4) is 0 Å². The minimum atomic E-state index is 0.694. The number of rotatable bonds is 2. The van der Waals surface area contributed by atoms with E-state index in [-0.39, 0.29) is 0 Å². The summed E-state index contributed by atoms with van der Waals surface area (Å²) in [5.41, 5.74) is 4.43. The molecule has 4 rings (SSSR count). The topological polar surface area (TPSA) is 28.2 Å². The molecule has 3 nitrogen and oxygen atoms in total. The Kier molecular flexibility index (Phi) is 2.93. The maximum absolute atomic E-state index is 4.36. The number of benzene rings is 1. The molecule has 1 aromatic carbocycles. The molecule has 0 amide bonds. The number of thiazole rings is 1. The molecule has 4 heteroatoms. The Bertz CT molecular complexity index is 576. The third-order valence-corrected chi connectivity index (χ3v) is 5.09. The van der Waals surface area contributed by atoms with Crippen LogP contribution in [-0.2, 0) is 0 Å². The van der Waals surface area contributed by atoms with Crippen molar-refractivity contribution < 1.29 is 0 Å². The van der Waals surface area contributed by atoms with Crippen LogP contribution in [0.3, 0.4) is 0 Å². The zero-order chi connectivity index (χ0) is 12.7. The number of nitrogens with one attached hydrogen (secondary N) is 1. The fourth-order valence-corrected chi connectivity index (χ4v) is 3.75. The van der Waals surface area contributed by atoms with Crippen molar-refractivity contribution in [2.75, 3.05) is 24.5 Å². The molecule has 1 atom stereocenters. The van der Waals surface area contributed by atoms with Crippen molar-refractivity contribution >= 4 is 27.2 Å². The van der Waals surface area contributed by atoms with E-state index in [4.69, 9.17) is 0 Å². The molecule has 1 aliphatic heterocycles. The van der Waals surface area contributed by atoms with Gasteiger partial charge in [-0.25, -0.2) is 4.98 Å². The fraction of sp³-hybridized carbons (Fsp3) is 0.533. The number of hydrogen-bond acceptors (Lipinski definition) is 4. The number of aromatic nitrogens is 1. The van der Waals surface area contributed by atoms with Crippen LogP contribution in [0.4, 0.5) is 5.69 Å². The van der Waals surface area contributed by atoms with Gasteiger partial charge in [-0.3, -0.25) is 0 Å². The van der Waals surface area contributed by atoms with E-state index in [9.17, 15) is 0 Å². The number of hydrogen-bond donors (Lipinski definition) is 1. The predicted octanol–water partition coefficient (Wildman–Crippen LogP) is 2.87. The third-order valence-electron chi connectivity index (χ3n) is 4.30. The molecule has 2 aliphatic rings. The molecule has 19 heavy (non-hydrogen) atoms. The van der Waals surface area contributed by atoms with Gasteiger partial charge in [0.15, 0.2) is 0 Å². The molecule has 100 valence electrons. The first-order chi connectivity index (χ1) is 9.40. The quantitative estimate of drug-likeness (QED) is 0.912. The van der Waals surface area contributed by atoms with Crippen LogP contribution in [0.15, 0.2) is 23.7 Å². The molecule has 2 aromatic rings. The molecule has 1 aliphatic carbocycles. The van der Waals surface area contributed by atoms with Crippen LogP contribution in [0.1, 0.15) is 19.3 Å². The average molecular weight is 273 g/mol. The van der Waals surface area contributed by atoms with Crippen molar-refractivity contribution in [1.29, 1.82) is 0 Å². The first-order valence-corrected chi connectivity index (χ1v) is 8.10. The Morgan fingerprint density at radius 1 is 1.32 bits per heavy atom. The van der Waals surface area contributed by atoms with E-state index in [1.807, 2.05) is 5.51 Å². The highest BCUT2D eigenvalue weighted by Crippen LogP contribution is 2.34. The van der Waals surface area contributed by atoms with E-state index in [0.29, 0.717) is 6.04 Å². The van der Waals surface area contributed by atoms with Crippen LogP contribution in [0.25, 0.3) is 10.2 Å². The molecule has 0 radical (unpaired) electrons. The van der Waals surface area contributed by atoms with Crippen LogP contribution in [-0.4, -0.2) is 30.7 Å². The minimum absolute atomic E-state index is 0.694. The highest BCUT2D eigenvalue weighted by Gasteiger charge is 2.33. The smallest absolute Gasteiger partial charge is 0.0813 e. The number of nitrogens with zero attached hydrogens (tertiary/aromatic N) is 2. The van der Waals surface area contributed by atoms with Crippen molar-refractivity contribution in [2.45, 2.75) is 25.3 Å². The summed E-state index contributed by atoms with van der Waals surface area (Å²) >= 11 is 1.74. The summed E-state index contributed by atoms with van der Waals surface area (Å²) < 4.78 is 1.30. The minimum Gasteiger partial charge on any atom is -0.370 e. The summed E-state index contributed by atoms with van der Waals surface area (Å²) in [6, 6.07) is 7.39. The van der Waals surface area contributed by atoms with Gasteiger partial charge in [-0.15, -0.1) is 11.3 Å². The van der Waals surface area contributed by atoms with Gasteiger partial charge in [-0.1, -0.05) is 0 Å². The van der Waals surface area contributed by atoms with E-state index in [0.717, 1.165) is 18.0 Å². The van der Waals surface area contributed by atoms with Gasteiger partial charge in [0.1, 0.15) is 0 Å². The van der Waals surface area contributed by atoms with Crippen molar-refractivity contribution in [1.82, 2.24) is 10.3 Å². The zero-order valence-corrected chi connectivity index (χ0v) is 11.8. The first-order valence-electron chi connectivity index (χ1n) is 7.22. The van der Waals surface area contributed by atoms with Gasteiger partial charge >= 0.3 is 0 Å². The number of anilines is 1. The second-order valence-corrected chi connectivity index (χ2v) is 6.59. The number of fused-ring (bicyclic) bond motifs is 1. The lowest BCUT2D eigenvalue weighted by molar-refractivity contribution is 0.490. The van der Waals surface area contributed by atoms with Gasteiger partial charge in [-0.05, 0) is 49.9 Å². The van der Waals surface area contributed by atoms with E-state index in [1.54, 1.807) is 11.3 Å². The van der Waals surface area contributed by atoms with E-state index in [2.05, 4.69) is 33.4 Å². The van der Waals surface area contributed by atoms with Crippen LogP contribution in [0.5, 0.6) is 0 Å². The average Bonchev–Trinajstić information content (AvgIpc) is 3.20. The molecule has 2 fully saturated rings. The molecule has 1 unspecified atom stereocenters. The van der Waals surface area contributed by atoms with Gasteiger partial charge in [-0.2, -0.15) is 0 Å². The molecule has 1 N–H and O–H groups in total. The summed E-state index contributed by atoms with van der Waals surface area (Å²) in [5, 5.41) is 3.72. The van der Waals surface area contributed by atoms with Gasteiger partial charge in [0.25, 0.3) is 0 Å². The highest BCUT2D eigenvalue weighted by molar-refractivity contribution is 7.16. The standard InChI is InChI=1S/C15H19N3S/c1-6-16-14(11-2-3-11)9-18(7-1)12-4-5-13-15(8-12)19-10-17-13/h4-5,8,10-11,14,16H,1-3,6-7,9H2. The molecule has 1 saturated carbocycles. The summed E-state index contributed by atoms with van der Waals surface area (Å²) in [7, 11) is 0. The first kappa shape index (κ1) is 11.7. The molecule has 1 aromatic heterocycles. The molecular weight excluding hydrogens is 254 g/mol. The van der Waals surface area contributed by atoms with Crippen molar-refractivity contribution in [2.24, 2.45) is 5.92 Å². The summed E-state index contributed by atoms with van der Waals surface area (Å²) in [6.45, 7) is 3.50. The van der Waals surface area contributed by atoms with Gasteiger partial charge < -0.3 is 10.2 Å². The maximum atomic E-state index is 4.36. The van der Waals surface area contributed by atoms with E-state index in [1.165, 1.54) is 42.7 Å². The fourth-order valence-electron chi connectivity index (χ4n) is 3.04. The van der Waals surface area contributed by atoms with E-state index < -0.39 is 0 Å². The Morgan fingerprint density at radius 3 is 3.16 bits per heavy atom. The monoisotopic (exact) mass is 273 g/mol. The SMILES string of the molecule is c1nc2ccc(N3CCCNC(C4CC4)C3)cc2s1. The summed E-state index contributed by atoms with van der Waals surface area (Å²) in [6.07, 6.45) is 4.07. The maximum Gasteiger partial charge on any atom is 0.0813 e. The predicted molar refractivity (Wildman–Crippen MR) is 81.0 cm³/mol. The molecule has 1 saturated heterocycles. The van der Waals surface area contributed by atoms with Crippen LogP contribution < -0.4 is 10.2 Å². The van der Waals surface area contributed by atoms with Gasteiger partial charge in [0, 0.05) is 24.8 Å². The summed E-state index contributed by atoms with van der Waals surface area (Å²) in [5.74, 6) is 0.924. The normalized spacial score (nSPS) is 24.6. The van der Waals surface area contributed by atoms with Gasteiger partial charge in [0.05, 0.1) is 15.7 Å². The molecular formula is C15H19N3S. The van der Waals surface area contributed by atoms with Crippen molar-refractivity contribution in [3.63, 3.8) is 0 Å². The van der Waals surface area contributed by atoms with Crippen LogP contribution in [0.2, 0.25) is 0 Å². The summed E-state index contributed by atoms with van der Waals surface area (Å²) in [4.78, 5) is 6.92. The largest absolute Gasteiger partial charge is 0.370 e. The lowest BCUT2D eigenvalue weighted by atomic mass is 10.1. The second-order valence-electron chi connectivity index (χ2n) is 5.70.